The van der Waals surface area contributed by atoms with Gasteiger partial charge in [0.05, 0.1) is 18.4 Å². The van der Waals surface area contributed by atoms with Crippen molar-refractivity contribution in [2.24, 2.45) is 0 Å². The van der Waals surface area contributed by atoms with Gasteiger partial charge in [0, 0.05) is 18.3 Å². The van der Waals surface area contributed by atoms with Crippen LogP contribution < -0.4 is 25.4 Å². The first-order chi connectivity index (χ1) is 18.1. The molecule has 0 aromatic heterocycles. The molecule has 1 aliphatic heterocycles. The average molecular weight is 503 g/mol. The Labute approximate surface area is 218 Å². The van der Waals surface area contributed by atoms with Gasteiger partial charge in [-0.3, -0.25) is 4.79 Å². The molecule has 1 saturated heterocycles. The Morgan fingerprint density at radius 1 is 0.865 bits per heavy atom. The molecule has 3 aromatic rings. The number of methoxy groups -OCH3 is 1. The molecular formula is C29H34N4O4. The lowest BCUT2D eigenvalue weighted by molar-refractivity contribution is 0.0948. The number of benzene rings is 3. The summed E-state index contributed by atoms with van der Waals surface area (Å²) in [6, 6.07) is 21.1. The maximum absolute atomic E-state index is 12.7. The molecule has 0 aliphatic carbocycles. The fourth-order valence-corrected chi connectivity index (χ4v) is 4.30. The minimum Gasteiger partial charge on any atom is -0.496 e. The van der Waals surface area contributed by atoms with Crippen LogP contribution in [0, 0.1) is 0 Å². The average Bonchev–Trinajstić information content (AvgIpc) is 2.93. The number of para-hydroxylation sites is 3. The minimum atomic E-state index is -0.443. The van der Waals surface area contributed by atoms with Crippen molar-refractivity contribution in [2.45, 2.75) is 25.7 Å². The van der Waals surface area contributed by atoms with Crippen LogP contribution in [0.4, 0.5) is 16.2 Å². The highest BCUT2D eigenvalue weighted by molar-refractivity contribution is 6.02. The summed E-state index contributed by atoms with van der Waals surface area (Å²) < 4.78 is 11.3. The van der Waals surface area contributed by atoms with Gasteiger partial charge in [-0.05, 0) is 75.3 Å². The lowest BCUT2D eigenvalue weighted by Crippen LogP contribution is -2.33. The number of hydrogen-bond acceptors (Lipinski definition) is 5. The molecule has 37 heavy (non-hydrogen) atoms. The highest BCUT2D eigenvalue weighted by atomic mass is 16.5. The van der Waals surface area contributed by atoms with Crippen molar-refractivity contribution in [3.63, 3.8) is 0 Å². The van der Waals surface area contributed by atoms with Gasteiger partial charge in [-0.2, -0.15) is 0 Å². The molecule has 1 aliphatic rings. The highest BCUT2D eigenvalue weighted by Gasteiger charge is 2.15. The Hall–Kier alpha value is -4.04. The van der Waals surface area contributed by atoms with Gasteiger partial charge in [0.15, 0.2) is 5.75 Å². The van der Waals surface area contributed by atoms with Crippen molar-refractivity contribution in [3.05, 3.63) is 78.4 Å². The number of nitrogens with one attached hydrogen (secondary N) is 3. The number of rotatable bonds is 10. The Bertz CT molecular complexity index is 1180. The summed E-state index contributed by atoms with van der Waals surface area (Å²) in [6.07, 6.45) is 4.74. The van der Waals surface area contributed by atoms with E-state index in [1.54, 1.807) is 30.3 Å². The van der Waals surface area contributed by atoms with E-state index in [2.05, 4.69) is 20.9 Å². The van der Waals surface area contributed by atoms with Gasteiger partial charge in [-0.15, -0.1) is 0 Å². The van der Waals surface area contributed by atoms with Crippen molar-refractivity contribution >= 4 is 23.3 Å². The SMILES string of the molecule is COc1cc(NC(=O)Nc2ccccc2Oc2ccccc2)ccc1C(=O)NCCCN1CCCCC1. The molecule has 1 fully saturated rings. The van der Waals surface area contributed by atoms with E-state index in [1.807, 2.05) is 42.5 Å². The third kappa shape index (κ3) is 7.72. The topological polar surface area (TPSA) is 91.9 Å². The second-order valence-electron chi connectivity index (χ2n) is 8.92. The zero-order valence-corrected chi connectivity index (χ0v) is 21.2. The van der Waals surface area contributed by atoms with E-state index in [9.17, 15) is 9.59 Å². The fourth-order valence-electron chi connectivity index (χ4n) is 4.30. The van der Waals surface area contributed by atoms with Crippen LogP contribution in [0.15, 0.2) is 72.8 Å². The van der Waals surface area contributed by atoms with Crippen LogP contribution in [0.2, 0.25) is 0 Å². The number of anilines is 2. The van der Waals surface area contributed by atoms with Gasteiger partial charge in [0.25, 0.3) is 5.91 Å². The Kier molecular flexibility index (Phi) is 9.37. The molecule has 4 rings (SSSR count). The smallest absolute Gasteiger partial charge is 0.323 e. The normalized spacial score (nSPS) is 13.4. The van der Waals surface area contributed by atoms with Crippen molar-refractivity contribution in [3.8, 4) is 17.2 Å². The van der Waals surface area contributed by atoms with E-state index in [4.69, 9.17) is 9.47 Å². The van der Waals surface area contributed by atoms with E-state index in [0.29, 0.717) is 40.7 Å². The molecule has 0 spiro atoms. The molecule has 0 saturated carbocycles. The molecular weight excluding hydrogens is 468 g/mol. The summed E-state index contributed by atoms with van der Waals surface area (Å²) in [5, 5.41) is 8.58. The number of carbonyl (C=O) groups is 2. The van der Waals surface area contributed by atoms with Gasteiger partial charge in [0.2, 0.25) is 0 Å². The van der Waals surface area contributed by atoms with Crippen LogP contribution in [0.25, 0.3) is 0 Å². The highest BCUT2D eigenvalue weighted by Crippen LogP contribution is 2.29. The lowest BCUT2D eigenvalue weighted by atomic mass is 10.1. The van der Waals surface area contributed by atoms with Crippen molar-refractivity contribution in [1.29, 1.82) is 0 Å². The number of carbonyl (C=O) groups excluding carboxylic acids is 2. The second-order valence-corrected chi connectivity index (χ2v) is 8.92. The molecule has 3 N–H and O–H groups in total. The third-order valence-corrected chi connectivity index (χ3v) is 6.20. The number of ether oxygens (including phenoxy) is 2. The molecule has 0 unspecified atom stereocenters. The van der Waals surface area contributed by atoms with E-state index < -0.39 is 6.03 Å². The summed E-state index contributed by atoms with van der Waals surface area (Å²) in [7, 11) is 1.50. The van der Waals surface area contributed by atoms with Crippen LogP contribution in [0.5, 0.6) is 17.2 Å². The van der Waals surface area contributed by atoms with Crippen LogP contribution in [0.1, 0.15) is 36.0 Å². The van der Waals surface area contributed by atoms with Gasteiger partial charge in [0.1, 0.15) is 11.5 Å². The first-order valence-corrected chi connectivity index (χ1v) is 12.7. The molecule has 0 bridgehead atoms. The van der Waals surface area contributed by atoms with Crippen molar-refractivity contribution < 1.29 is 19.1 Å². The Morgan fingerprint density at radius 3 is 2.41 bits per heavy atom. The van der Waals surface area contributed by atoms with Crippen molar-refractivity contribution in [1.82, 2.24) is 10.2 Å². The van der Waals surface area contributed by atoms with E-state index in [0.717, 1.165) is 26.1 Å². The summed E-state index contributed by atoms with van der Waals surface area (Å²) >= 11 is 0. The van der Waals surface area contributed by atoms with Gasteiger partial charge >= 0.3 is 6.03 Å². The molecule has 3 aromatic carbocycles. The van der Waals surface area contributed by atoms with Crippen LogP contribution in [-0.2, 0) is 0 Å². The zero-order chi connectivity index (χ0) is 25.9. The predicted octanol–water partition coefficient (Wildman–Crippen LogP) is 5.74. The van der Waals surface area contributed by atoms with Gasteiger partial charge in [-0.1, -0.05) is 36.8 Å². The molecule has 3 amide bonds. The first kappa shape index (κ1) is 26.0. The number of nitrogens with zero attached hydrogens (tertiary/aromatic N) is 1. The second kappa shape index (κ2) is 13.3. The zero-order valence-electron chi connectivity index (χ0n) is 21.2. The number of hydrogen-bond donors (Lipinski definition) is 3. The standard InChI is InChI=1S/C29H34N4O4/c1-36-27-21-22(15-16-24(27)28(34)30-17-10-20-33-18-8-3-9-19-33)31-29(35)32-25-13-6-7-14-26(25)37-23-11-4-2-5-12-23/h2,4-7,11-16,21H,3,8-10,17-20H2,1H3,(H,30,34)(H2,31,32,35). The molecule has 0 atom stereocenters. The minimum absolute atomic E-state index is 0.196. The fraction of sp³-hybridized carbons (Fsp3) is 0.310. The summed E-state index contributed by atoms with van der Waals surface area (Å²) in [6.45, 7) is 3.89. The van der Waals surface area contributed by atoms with Gasteiger partial charge < -0.3 is 30.3 Å². The van der Waals surface area contributed by atoms with Crippen LogP contribution >= 0.6 is 0 Å². The number of likely N-dealkylation sites (tertiary alicyclic amines) is 1. The first-order valence-electron chi connectivity index (χ1n) is 12.7. The van der Waals surface area contributed by atoms with E-state index in [-0.39, 0.29) is 5.91 Å². The largest absolute Gasteiger partial charge is 0.496 e. The van der Waals surface area contributed by atoms with E-state index in [1.165, 1.54) is 26.4 Å². The number of urea groups is 1. The van der Waals surface area contributed by atoms with Crippen molar-refractivity contribution in [2.75, 3.05) is 43.9 Å². The lowest BCUT2D eigenvalue weighted by Gasteiger charge is -2.26. The molecule has 8 nitrogen and oxygen atoms in total. The number of amides is 3. The van der Waals surface area contributed by atoms with E-state index >= 15 is 0 Å². The Morgan fingerprint density at radius 2 is 1.62 bits per heavy atom. The number of piperidine rings is 1. The molecule has 1 heterocycles. The quantitative estimate of drug-likeness (QED) is 0.308. The third-order valence-electron chi connectivity index (χ3n) is 6.20. The maximum atomic E-state index is 12.7. The monoisotopic (exact) mass is 502 g/mol. The molecule has 8 heteroatoms. The summed E-state index contributed by atoms with van der Waals surface area (Å²) in [5.74, 6) is 1.38. The predicted molar refractivity (Wildman–Crippen MR) is 146 cm³/mol. The van der Waals surface area contributed by atoms with Crippen LogP contribution in [-0.4, -0.2) is 50.1 Å². The van der Waals surface area contributed by atoms with Gasteiger partial charge in [-0.25, -0.2) is 4.79 Å². The van der Waals surface area contributed by atoms with Crippen LogP contribution in [0.3, 0.4) is 0 Å². The summed E-state index contributed by atoms with van der Waals surface area (Å²) in [4.78, 5) is 27.9. The Balaban J connectivity index is 1.31. The summed E-state index contributed by atoms with van der Waals surface area (Å²) in [5.41, 5.74) is 1.45. The molecule has 194 valence electrons. The molecule has 0 radical (unpaired) electrons. The maximum Gasteiger partial charge on any atom is 0.323 e.